The number of nitrogens with one attached hydrogen (secondary N) is 2. The van der Waals surface area contributed by atoms with Crippen molar-refractivity contribution in [3.63, 3.8) is 0 Å². The van der Waals surface area contributed by atoms with Crippen LogP contribution in [0.2, 0.25) is 0 Å². The van der Waals surface area contributed by atoms with E-state index in [9.17, 15) is 9.59 Å². The zero-order valence-electron chi connectivity index (χ0n) is 13.9. The van der Waals surface area contributed by atoms with Gasteiger partial charge in [-0.3, -0.25) is 9.59 Å². The lowest BCUT2D eigenvalue weighted by Crippen LogP contribution is -2.22. The van der Waals surface area contributed by atoms with Crippen LogP contribution in [0.5, 0.6) is 0 Å². The molecule has 1 aliphatic rings. The standard InChI is InChI=1S/C16H20N6O2S/c1-17-15(24)12-8-4-5-9-13(12)18-14(23)10-25-16-19-20-21-22(16)11-6-2-3-7-11/h4-5,8-9,11H,2-3,6-7,10H2,1H3,(H,17,24)(H,18,23). The Morgan fingerprint density at radius 1 is 1.28 bits per heavy atom. The molecule has 1 saturated carbocycles. The first-order valence-corrected chi connectivity index (χ1v) is 9.19. The van der Waals surface area contributed by atoms with Gasteiger partial charge in [-0.1, -0.05) is 36.7 Å². The number of hydrogen-bond donors (Lipinski definition) is 2. The number of para-hydroxylation sites is 1. The molecule has 0 bridgehead atoms. The Hall–Kier alpha value is -2.42. The smallest absolute Gasteiger partial charge is 0.253 e. The molecule has 2 N–H and O–H groups in total. The first kappa shape index (κ1) is 17.4. The SMILES string of the molecule is CNC(=O)c1ccccc1NC(=O)CSc1nnnn1C1CCCC1. The summed E-state index contributed by atoms with van der Waals surface area (Å²) in [7, 11) is 1.56. The summed E-state index contributed by atoms with van der Waals surface area (Å²) in [6, 6.07) is 7.23. The van der Waals surface area contributed by atoms with Crippen molar-refractivity contribution in [3.05, 3.63) is 29.8 Å². The van der Waals surface area contributed by atoms with Crippen LogP contribution in [-0.4, -0.2) is 44.8 Å². The molecule has 25 heavy (non-hydrogen) atoms. The number of nitrogens with zero attached hydrogens (tertiary/aromatic N) is 4. The molecule has 2 amide bonds. The molecule has 0 atom stereocenters. The second-order valence-corrected chi connectivity index (χ2v) is 6.75. The lowest BCUT2D eigenvalue weighted by Gasteiger charge is -2.11. The van der Waals surface area contributed by atoms with Gasteiger partial charge in [-0.2, -0.15) is 0 Å². The summed E-state index contributed by atoms with van der Waals surface area (Å²) in [6.07, 6.45) is 4.52. The van der Waals surface area contributed by atoms with Gasteiger partial charge in [-0.05, 0) is 35.4 Å². The van der Waals surface area contributed by atoms with Gasteiger partial charge < -0.3 is 10.6 Å². The Kier molecular flexibility index (Phi) is 5.64. The number of thioether (sulfide) groups is 1. The average Bonchev–Trinajstić information content (AvgIpc) is 3.30. The third-order valence-corrected chi connectivity index (χ3v) is 5.07. The molecule has 1 fully saturated rings. The summed E-state index contributed by atoms with van der Waals surface area (Å²) < 4.78 is 1.82. The molecule has 1 aromatic carbocycles. The Balaban J connectivity index is 1.61. The van der Waals surface area contributed by atoms with Crippen LogP contribution in [0, 0.1) is 0 Å². The van der Waals surface area contributed by atoms with Crippen LogP contribution < -0.4 is 10.6 Å². The van der Waals surface area contributed by atoms with Crippen molar-refractivity contribution in [2.75, 3.05) is 18.1 Å². The van der Waals surface area contributed by atoms with Gasteiger partial charge in [0.05, 0.1) is 23.0 Å². The fraction of sp³-hybridized carbons (Fsp3) is 0.438. The Bertz CT molecular complexity index is 757. The number of carbonyl (C=O) groups is 2. The van der Waals surface area contributed by atoms with Gasteiger partial charge in [0.2, 0.25) is 11.1 Å². The van der Waals surface area contributed by atoms with Gasteiger partial charge in [-0.25, -0.2) is 4.68 Å². The van der Waals surface area contributed by atoms with Crippen LogP contribution in [0.25, 0.3) is 0 Å². The highest BCUT2D eigenvalue weighted by atomic mass is 32.2. The van der Waals surface area contributed by atoms with E-state index < -0.39 is 0 Å². The molecule has 0 aliphatic heterocycles. The highest BCUT2D eigenvalue weighted by Crippen LogP contribution is 2.31. The number of anilines is 1. The predicted molar refractivity (Wildman–Crippen MR) is 94.5 cm³/mol. The van der Waals surface area contributed by atoms with Crippen LogP contribution >= 0.6 is 11.8 Å². The number of aromatic nitrogens is 4. The summed E-state index contributed by atoms with van der Waals surface area (Å²) >= 11 is 1.30. The third-order valence-electron chi connectivity index (χ3n) is 4.14. The number of rotatable bonds is 6. The lowest BCUT2D eigenvalue weighted by molar-refractivity contribution is -0.113. The minimum absolute atomic E-state index is 0.176. The predicted octanol–water partition coefficient (Wildman–Crippen LogP) is 1.88. The number of carbonyl (C=O) groups excluding carboxylic acids is 2. The lowest BCUT2D eigenvalue weighted by atomic mass is 10.1. The van der Waals surface area contributed by atoms with Crippen molar-refractivity contribution in [2.45, 2.75) is 36.9 Å². The fourth-order valence-electron chi connectivity index (χ4n) is 2.90. The quantitative estimate of drug-likeness (QED) is 0.763. The Morgan fingerprint density at radius 3 is 2.80 bits per heavy atom. The van der Waals surface area contributed by atoms with Crippen molar-refractivity contribution < 1.29 is 9.59 Å². The number of tetrazole rings is 1. The molecule has 3 rings (SSSR count). The van der Waals surface area contributed by atoms with E-state index in [1.54, 1.807) is 31.3 Å². The van der Waals surface area contributed by atoms with Crippen LogP contribution in [0.15, 0.2) is 29.4 Å². The summed E-state index contributed by atoms with van der Waals surface area (Å²) in [5.74, 6) is -0.272. The molecular weight excluding hydrogens is 340 g/mol. The first-order valence-electron chi connectivity index (χ1n) is 8.20. The molecule has 9 heteroatoms. The van der Waals surface area contributed by atoms with Gasteiger partial charge in [-0.15, -0.1) is 5.10 Å². The van der Waals surface area contributed by atoms with E-state index in [-0.39, 0.29) is 17.6 Å². The summed E-state index contributed by atoms with van der Waals surface area (Å²) in [4.78, 5) is 24.1. The molecule has 1 aromatic heterocycles. The highest BCUT2D eigenvalue weighted by Gasteiger charge is 2.22. The second kappa shape index (κ2) is 8.11. The van der Waals surface area contributed by atoms with E-state index in [2.05, 4.69) is 26.2 Å². The Morgan fingerprint density at radius 2 is 2.04 bits per heavy atom. The van der Waals surface area contributed by atoms with Crippen LogP contribution in [0.3, 0.4) is 0 Å². The van der Waals surface area contributed by atoms with Crippen molar-refractivity contribution in [1.82, 2.24) is 25.5 Å². The minimum atomic E-state index is -0.242. The van der Waals surface area contributed by atoms with E-state index >= 15 is 0 Å². The highest BCUT2D eigenvalue weighted by molar-refractivity contribution is 7.99. The summed E-state index contributed by atoms with van der Waals surface area (Å²) in [6.45, 7) is 0. The van der Waals surface area contributed by atoms with Gasteiger partial charge in [0.25, 0.3) is 5.91 Å². The summed E-state index contributed by atoms with van der Waals surface area (Å²) in [5.41, 5.74) is 0.918. The second-order valence-electron chi connectivity index (χ2n) is 5.81. The zero-order valence-corrected chi connectivity index (χ0v) is 14.8. The maximum absolute atomic E-state index is 12.3. The molecule has 0 saturated heterocycles. The third kappa shape index (κ3) is 4.16. The summed E-state index contributed by atoms with van der Waals surface area (Å²) in [5, 5.41) is 17.8. The maximum atomic E-state index is 12.3. The van der Waals surface area contributed by atoms with Crippen LogP contribution in [0.1, 0.15) is 42.1 Å². The fourth-order valence-corrected chi connectivity index (χ4v) is 3.64. The van der Waals surface area contributed by atoms with E-state index in [1.165, 1.54) is 24.6 Å². The van der Waals surface area contributed by atoms with Crippen LogP contribution in [-0.2, 0) is 4.79 Å². The number of amides is 2. The van der Waals surface area contributed by atoms with Crippen molar-refractivity contribution in [3.8, 4) is 0 Å². The van der Waals surface area contributed by atoms with E-state index in [0.29, 0.717) is 22.4 Å². The van der Waals surface area contributed by atoms with E-state index in [4.69, 9.17) is 0 Å². The van der Waals surface area contributed by atoms with Crippen molar-refractivity contribution in [2.24, 2.45) is 0 Å². The van der Waals surface area contributed by atoms with E-state index in [1.807, 2.05) is 4.68 Å². The molecule has 0 unspecified atom stereocenters. The maximum Gasteiger partial charge on any atom is 0.253 e. The van der Waals surface area contributed by atoms with E-state index in [0.717, 1.165) is 12.8 Å². The average molecular weight is 360 g/mol. The molecule has 8 nitrogen and oxygen atoms in total. The zero-order chi connectivity index (χ0) is 17.6. The number of hydrogen-bond acceptors (Lipinski definition) is 6. The molecule has 1 aliphatic carbocycles. The van der Waals surface area contributed by atoms with Gasteiger partial charge in [0, 0.05) is 7.05 Å². The largest absolute Gasteiger partial charge is 0.355 e. The number of benzene rings is 1. The van der Waals surface area contributed by atoms with Crippen LogP contribution in [0.4, 0.5) is 5.69 Å². The molecule has 132 valence electrons. The first-order chi connectivity index (χ1) is 12.2. The molecule has 0 radical (unpaired) electrons. The topological polar surface area (TPSA) is 102 Å². The molecule has 2 aromatic rings. The van der Waals surface area contributed by atoms with Gasteiger partial charge >= 0.3 is 0 Å². The van der Waals surface area contributed by atoms with Crippen molar-refractivity contribution >= 4 is 29.3 Å². The minimum Gasteiger partial charge on any atom is -0.355 e. The Labute approximate surface area is 149 Å². The van der Waals surface area contributed by atoms with Gasteiger partial charge in [0.15, 0.2) is 0 Å². The van der Waals surface area contributed by atoms with Crippen molar-refractivity contribution in [1.29, 1.82) is 0 Å². The van der Waals surface area contributed by atoms with Gasteiger partial charge in [0.1, 0.15) is 0 Å². The monoisotopic (exact) mass is 360 g/mol. The molecule has 1 heterocycles. The normalized spacial score (nSPS) is 14.4. The molecule has 0 spiro atoms. The molecular formula is C16H20N6O2S.